The normalized spacial score (nSPS) is 13.1. The summed E-state index contributed by atoms with van der Waals surface area (Å²) in [7, 11) is 1.71. The summed E-state index contributed by atoms with van der Waals surface area (Å²) in [6.45, 7) is 3.71. The van der Waals surface area contributed by atoms with Crippen LogP contribution in [0.25, 0.3) is 5.57 Å². The minimum absolute atomic E-state index is 0.293. The number of rotatable bonds is 5. The van der Waals surface area contributed by atoms with Gasteiger partial charge in [0, 0.05) is 23.0 Å². The first kappa shape index (κ1) is 15.5. The molecule has 0 spiro atoms. The van der Waals surface area contributed by atoms with Crippen molar-refractivity contribution in [2.45, 2.75) is 13.8 Å². The lowest BCUT2D eigenvalue weighted by molar-refractivity contribution is 0.0698. The fourth-order valence-corrected chi connectivity index (χ4v) is 2.56. The number of thiophene rings is 1. The van der Waals surface area contributed by atoms with Crippen molar-refractivity contribution >= 4 is 39.5 Å². The maximum absolute atomic E-state index is 11.4. The third-order valence-corrected chi connectivity index (χ3v) is 3.89. The highest BCUT2D eigenvalue weighted by Gasteiger charge is 2.18. The molecule has 1 rings (SSSR count). The molecule has 102 valence electrons. The van der Waals surface area contributed by atoms with Crippen LogP contribution in [0.2, 0.25) is 0 Å². The standard InChI is InChI=1S/C14H16ClNO2S/c1-4-9(6-7-10(15)5-2)11-8-19-13(16-3)12(11)14(17)18/h4-8,16H,1-3H3,(H,17,18)/b7-6-,9-4+,10-5+. The molecule has 0 aliphatic carbocycles. The van der Waals surface area contributed by atoms with Gasteiger partial charge in [-0.05, 0) is 25.5 Å². The number of carboxylic acids is 1. The van der Waals surface area contributed by atoms with E-state index in [0.29, 0.717) is 21.2 Å². The van der Waals surface area contributed by atoms with E-state index < -0.39 is 5.97 Å². The van der Waals surface area contributed by atoms with Gasteiger partial charge in [-0.3, -0.25) is 0 Å². The smallest absolute Gasteiger partial charge is 0.339 e. The molecule has 0 bridgehead atoms. The number of hydrogen-bond acceptors (Lipinski definition) is 3. The van der Waals surface area contributed by atoms with Crippen LogP contribution in [0.3, 0.4) is 0 Å². The van der Waals surface area contributed by atoms with Gasteiger partial charge in [0.25, 0.3) is 0 Å². The second-order valence-corrected chi connectivity index (χ2v) is 4.98. The van der Waals surface area contributed by atoms with Crippen LogP contribution in [-0.2, 0) is 0 Å². The largest absolute Gasteiger partial charge is 0.478 e. The quantitative estimate of drug-likeness (QED) is 0.782. The summed E-state index contributed by atoms with van der Waals surface area (Å²) >= 11 is 7.28. The Morgan fingerprint density at radius 2 is 2.05 bits per heavy atom. The molecule has 0 aliphatic heterocycles. The Bertz CT molecular complexity index is 556. The predicted molar refractivity (Wildman–Crippen MR) is 83.2 cm³/mol. The van der Waals surface area contributed by atoms with E-state index in [-0.39, 0.29) is 0 Å². The average molecular weight is 298 g/mol. The number of aromatic carboxylic acids is 1. The molecule has 0 aromatic carbocycles. The van der Waals surface area contributed by atoms with Crippen LogP contribution in [0.15, 0.2) is 34.7 Å². The lowest BCUT2D eigenvalue weighted by Gasteiger charge is -2.03. The van der Waals surface area contributed by atoms with E-state index in [4.69, 9.17) is 11.6 Å². The van der Waals surface area contributed by atoms with Gasteiger partial charge in [0.05, 0.1) is 0 Å². The minimum Gasteiger partial charge on any atom is -0.478 e. The SMILES string of the molecule is C\C=C(Cl)/C=C\C(=C/C)c1csc(NC)c1C(=O)O. The van der Waals surface area contributed by atoms with Crippen molar-refractivity contribution in [3.05, 3.63) is 45.8 Å². The Morgan fingerprint density at radius 1 is 1.37 bits per heavy atom. The topological polar surface area (TPSA) is 49.3 Å². The number of halogens is 1. The van der Waals surface area contributed by atoms with E-state index in [1.807, 2.05) is 31.4 Å². The van der Waals surface area contributed by atoms with Gasteiger partial charge in [-0.2, -0.15) is 0 Å². The maximum atomic E-state index is 11.4. The average Bonchev–Trinajstić information content (AvgIpc) is 2.83. The summed E-state index contributed by atoms with van der Waals surface area (Å²) in [5.41, 5.74) is 1.82. The first-order valence-electron chi connectivity index (χ1n) is 5.74. The molecular weight excluding hydrogens is 282 g/mol. The molecule has 0 amide bonds. The van der Waals surface area contributed by atoms with Crippen LogP contribution in [-0.4, -0.2) is 18.1 Å². The summed E-state index contributed by atoms with van der Waals surface area (Å²) in [6.07, 6.45) is 7.20. The Balaban J connectivity index is 3.24. The third-order valence-electron chi connectivity index (χ3n) is 2.55. The molecule has 3 nitrogen and oxygen atoms in total. The summed E-state index contributed by atoms with van der Waals surface area (Å²) in [4.78, 5) is 11.4. The highest BCUT2D eigenvalue weighted by Crippen LogP contribution is 2.33. The van der Waals surface area contributed by atoms with Crippen molar-refractivity contribution in [3.63, 3.8) is 0 Å². The number of allylic oxidation sites excluding steroid dienone is 6. The molecule has 0 aliphatic rings. The number of anilines is 1. The molecule has 5 heteroatoms. The first-order valence-corrected chi connectivity index (χ1v) is 7.00. The number of nitrogens with one attached hydrogen (secondary N) is 1. The number of carboxylic acid groups (broad SMARTS) is 1. The van der Waals surface area contributed by atoms with E-state index >= 15 is 0 Å². The minimum atomic E-state index is -0.939. The van der Waals surface area contributed by atoms with Gasteiger partial charge in [0.1, 0.15) is 10.6 Å². The molecule has 0 saturated carbocycles. The lowest BCUT2D eigenvalue weighted by atomic mass is 10.0. The van der Waals surface area contributed by atoms with Crippen molar-refractivity contribution in [1.29, 1.82) is 0 Å². The van der Waals surface area contributed by atoms with E-state index in [2.05, 4.69) is 5.32 Å². The Kier molecular flexibility index (Phi) is 5.86. The van der Waals surface area contributed by atoms with Gasteiger partial charge >= 0.3 is 5.97 Å². The van der Waals surface area contributed by atoms with E-state index in [9.17, 15) is 9.90 Å². The van der Waals surface area contributed by atoms with Gasteiger partial charge in [-0.1, -0.05) is 29.8 Å². The molecule has 0 radical (unpaired) electrons. The van der Waals surface area contributed by atoms with Crippen LogP contribution in [0, 0.1) is 0 Å². The van der Waals surface area contributed by atoms with Gasteiger partial charge in [0.15, 0.2) is 0 Å². The van der Waals surface area contributed by atoms with Crippen molar-refractivity contribution in [2.24, 2.45) is 0 Å². The molecule has 0 saturated heterocycles. The van der Waals surface area contributed by atoms with Crippen LogP contribution >= 0.6 is 22.9 Å². The first-order chi connectivity index (χ1) is 9.04. The Labute approximate surface area is 121 Å². The fourth-order valence-electron chi connectivity index (χ4n) is 1.57. The molecule has 1 aromatic heterocycles. The van der Waals surface area contributed by atoms with Crippen LogP contribution in [0.4, 0.5) is 5.00 Å². The molecule has 0 atom stereocenters. The fraction of sp³-hybridized carbons (Fsp3) is 0.214. The molecule has 0 unspecified atom stereocenters. The summed E-state index contributed by atoms with van der Waals surface area (Å²) in [5.74, 6) is -0.939. The zero-order valence-electron chi connectivity index (χ0n) is 11.0. The third kappa shape index (κ3) is 3.72. The lowest BCUT2D eigenvalue weighted by Crippen LogP contribution is -2.02. The van der Waals surface area contributed by atoms with Gasteiger partial charge in [-0.25, -0.2) is 4.79 Å². The molecule has 19 heavy (non-hydrogen) atoms. The monoisotopic (exact) mass is 297 g/mol. The zero-order valence-corrected chi connectivity index (χ0v) is 12.6. The van der Waals surface area contributed by atoms with Crippen LogP contribution in [0.1, 0.15) is 29.8 Å². The second kappa shape index (κ2) is 7.16. The van der Waals surface area contributed by atoms with Crippen molar-refractivity contribution < 1.29 is 9.90 Å². The Morgan fingerprint density at radius 3 is 2.53 bits per heavy atom. The highest BCUT2D eigenvalue weighted by molar-refractivity contribution is 7.14. The molecular formula is C14H16ClNO2S. The van der Waals surface area contributed by atoms with E-state index in [0.717, 1.165) is 5.57 Å². The number of carbonyl (C=O) groups is 1. The van der Waals surface area contributed by atoms with Crippen molar-refractivity contribution in [2.75, 3.05) is 12.4 Å². The van der Waals surface area contributed by atoms with Crippen molar-refractivity contribution in [3.8, 4) is 0 Å². The summed E-state index contributed by atoms with van der Waals surface area (Å²) in [6, 6.07) is 0. The second-order valence-electron chi connectivity index (χ2n) is 3.66. The van der Waals surface area contributed by atoms with Gasteiger partial charge in [-0.15, -0.1) is 11.3 Å². The van der Waals surface area contributed by atoms with Gasteiger partial charge in [0.2, 0.25) is 0 Å². The highest BCUT2D eigenvalue weighted by atomic mass is 35.5. The predicted octanol–water partition coefficient (Wildman–Crippen LogP) is 4.59. The van der Waals surface area contributed by atoms with Gasteiger partial charge < -0.3 is 10.4 Å². The summed E-state index contributed by atoms with van der Waals surface area (Å²) < 4.78 is 0. The van der Waals surface area contributed by atoms with E-state index in [1.165, 1.54) is 11.3 Å². The number of hydrogen-bond donors (Lipinski definition) is 2. The van der Waals surface area contributed by atoms with Crippen LogP contribution in [0.5, 0.6) is 0 Å². The molecule has 0 fully saturated rings. The Hall–Kier alpha value is -1.52. The molecule has 1 heterocycles. The maximum Gasteiger partial charge on any atom is 0.339 e. The molecule has 2 N–H and O–H groups in total. The van der Waals surface area contributed by atoms with Crippen LogP contribution < -0.4 is 5.32 Å². The summed E-state index contributed by atoms with van der Waals surface area (Å²) in [5, 5.41) is 15.3. The van der Waals surface area contributed by atoms with E-state index in [1.54, 1.807) is 19.2 Å². The molecule has 1 aromatic rings. The van der Waals surface area contributed by atoms with Crippen molar-refractivity contribution in [1.82, 2.24) is 0 Å². The zero-order chi connectivity index (χ0) is 14.4.